The first-order valence-electron chi connectivity index (χ1n) is 6.01. The largest absolute Gasteiger partial charge is 0.462 e. The molecular weight excluding hydrogens is 779 g/mol. The highest BCUT2D eigenvalue weighted by Crippen LogP contribution is 2.48. The molecule has 0 unspecified atom stereocenters. The quantitative estimate of drug-likeness (QED) is 0.0779. The molecule has 0 aliphatic carbocycles. The highest BCUT2D eigenvalue weighted by molar-refractivity contribution is 9.24. The summed E-state index contributed by atoms with van der Waals surface area (Å²) in [5, 5.41) is 0. The van der Waals surface area contributed by atoms with Gasteiger partial charge in [0.15, 0.2) is 5.75 Å². The number of ether oxygens (including phenoxy) is 2. The summed E-state index contributed by atoms with van der Waals surface area (Å²) in [6, 6.07) is 0. The molecule has 0 fully saturated rings. The van der Waals surface area contributed by atoms with Gasteiger partial charge in [0.2, 0.25) is 0 Å². The molecule has 4 nitrogen and oxygen atoms in total. The second kappa shape index (κ2) is 11.2. The third-order valence-electron chi connectivity index (χ3n) is 2.31. The van der Waals surface area contributed by atoms with Gasteiger partial charge in [0.05, 0.1) is 28.2 Å². The van der Waals surface area contributed by atoms with Crippen molar-refractivity contribution in [3.8, 4) is 5.75 Å². The zero-order valence-electron chi connectivity index (χ0n) is 11.4. The van der Waals surface area contributed by atoms with Gasteiger partial charge < -0.3 is 9.47 Å². The van der Waals surface area contributed by atoms with Gasteiger partial charge in [0.1, 0.15) is 0 Å². The van der Waals surface area contributed by atoms with Crippen LogP contribution >= 0.6 is 112 Å². The molecule has 0 bridgehead atoms. The Kier molecular flexibility index (Phi) is 10.9. The van der Waals surface area contributed by atoms with E-state index in [0.717, 1.165) is 16.6 Å². The Balaban J connectivity index is 2.76. The Morgan fingerprint density at radius 1 is 0.833 bits per heavy atom. The molecule has 1 aromatic carbocycles. The van der Waals surface area contributed by atoms with Crippen LogP contribution < -0.4 is 4.74 Å². The first kappa shape index (κ1) is 23.3. The van der Waals surface area contributed by atoms with Gasteiger partial charge in [0.25, 0.3) is 0 Å². The van der Waals surface area contributed by atoms with Gasteiger partial charge in [-0.25, -0.2) is 9.59 Å². The second-order valence-corrected chi connectivity index (χ2v) is 11.4. The van der Waals surface area contributed by atoms with Crippen molar-refractivity contribution in [1.82, 2.24) is 0 Å². The number of benzene rings is 1. The lowest BCUT2D eigenvalue weighted by molar-refractivity contribution is -0.138. The zero-order valence-corrected chi connectivity index (χ0v) is 22.5. The average Bonchev–Trinajstić information content (AvgIpc) is 2.53. The Hall–Kier alpha value is 1.26. The van der Waals surface area contributed by atoms with E-state index in [4.69, 9.17) is 9.47 Å². The van der Waals surface area contributed by atoms with E-state index in [2.05, 4.69) is 112 Å². The Morgan fingerprint density at radius 3 is 1.79 bits per heavy atom. The summed E-state index contributed by atoms with van der Waals surface area (Å²) < 4.78 is 13.4. The molecule has 1 rings (SSSR count). The molecule has 0 aliphatic heterocycles. The van der Waals surface area contributed by atoms with Crippen molar-refractivity contribution in [2.24, 2.45) is 0 Å². The summed E-state index contributed by atoms with van der Waals surface area (Å²) in [5.74, 6) is -1.07. The maximum atomic E-state index is 11.9. The first-order valence-corrected chi connectivity index (χ1v) is 11.8. The lowest BCUT2D eigenvalue weighted by Crippen LogP contribution is -2.09. The number of hydrogen-bond donors (Lipinski definition) is 0. The topological polar surface area (TPSA) is 52.6 Å². The number of alkyl halides is 2. The number of hydrogen-bond acceptors (Lipinski definition) is 4. The third-order valence-corrected chi connectivity index (χ3v) is 9.24. The van der Waals surface area contributed by atoms with E-state index in [1.54, 1.807) is 0 Å². The van der Waals surface area contributed by atoms with Gasteiger partial charge in [-0.15, -0.1) is 0 Å². The van der Waals surface area contributed by atoms with Crippen molar-refractivity contribution >= 4 is 123 Å². The van der Waals surface area contributed by atoms with E-state index in [0.29, 0.717) is 24.3 Å². The van der Waals surface area contributed by atoms with Crippen molar-refractivity contribution in [2.75, 3.05) is 6.61 Å². The summed E-state index contributed by atoms with van der Waals surface area (Å²) in [7, 11) is 0. The van der Waals surface area contributed by atoms with Gasteiger partial charge >= 0.3 is 11.9 Å². The van der Waals surface area contributed by atoms with E-state index < -0.39 is 11.9 Å². The van der Waals surface area contributed by atoms with Crippen LogP contribution in [0, 0.1) is 0 Å². The highest BCUT2D eigenvalue weighted by Gasteiger charge is 2.20. The molecule has 11 heteroatoms. The normalized spacial score (nSPS) is 11.2. The molecule has 132 valence electrons. The van der Waals surface area contributed by atoms with Crippen LogP contribution in [0.25, 0.3) is 0 Å². The van der Waals surface area contributed by atoms with Crippen LogP contribution in [0.4, 0.5) is 0 Å². The molecular formula is C13H7Br7O4. The van der Waals surface area contributed by atoms with Gasteiger partial charge in [-0.05, 0) is 79.6 Å². The predicted octanol–water partition coefficient (Wildman–Crippen LogP) is 7.01. The minimum atomic E-state index is -0.715. The fourth-order valence-electron chi connectivity index (χ4n) is 1.24. The number of esters is 2. The van der Waals surface area contributed by atoms with E-state index >= 15 is 0 Å². The zero-order chi connectivity index (χ0) is 18.4. The maximum absolute atomic E-state index is 11.9. The molecule has 0 aromatic heterocycles. The monoisotopic (exact) mass is 779 g/mol. The Labute approximate surface area is 197 Å². The van der Waals surface area contributed by atoms with Crippen molar-refractivity contribution < 1.29 is 19.1 Å². The van der Waals surface area contributed by atoms with Crippen LogP contribution in [0.2, 0.25) is 0 Å². The number of halogens is 7. The molecule has 0 N–H and O–H groups in total. The second-order valence-electron chi connectivity index (χ2n) is 4.00. The van der Waals surface area contributed by atoms with Crippen LogP contribution in [0.15, 0.2) is 34.5 Å². The summed E-state index contributed by atoms with van der Waals surface area (Å²) in [4.78, 5) is 23.4. The van der Waals surface area contributed by atoms with E-state index in [9.17, 15) is 9.59 Å². The van der Waals surface area contributed by atoms with Gasteiger partial charge in [-0.1, -0.05) is 31.9 Å². The van der Waals surface area contributed by atoms with Crippen LogP contribution in [-0.2, 0) is 14.3 Å². The fourth-order valence-corrected chi connectivity index (χ4v) is 4.79. The summed E-state index contributed by atoms with van der Waals surface area (Å²) >= 11 is 23.4. The summed E-state index contributed by atoms with van der Waals surface area (Å²) in [6.07, 6.45) is 2.63. The SMILES string of the molecule is O=C(C=CC(=O)Oc1c(Br)c(Br)c(Br)c(Br)c1Br)OCCC(Br)Br. The molecule has 0 radical (unpaired) electrons. The summed E-state index contributed by atoms with van der Waals surface area (Å²) in [6.45, 7) is 0.225. The van der Waals surface area contributed by atoms with E-state index in [1.165, 1.54) is 0 Å². The molecule has 24 heavy (non-hydrogen) atoms. The van der Waals surface area contributed by atoms with Crippen LogP contribution in [0.3, 0.4) is 0 Å². The van der Waals surface area contributed by atoms with Crippen LogP contribution in [0.1, 0.15) is 6.42 Å². The Bertz CT molecular complexity index is 644. The number of carbonyl (C=O) groups excluding carboxylic acids is 2. The van der Waals surface area contributed by atoms with E-state index in [-0.39, 0.29) is 16.1 Å². The number of carbonyl (C=O) groups is 2. The summed E-state index contributed by atoms with van der Waals surface area (Å²) in [5.41, 5.74) is 0. The van der Waals surface area contributed by atoms with Crippen molar-refractivity contribution in [3.05, 3.63) is 34.5 Å². The molecule has 0 atom stereocenters. The standard InChI is InChI=1S/C13H7Br7O4/c14-5(15)3-4-23-6(21)1-2-7(22)24-13-11(19)9(17)8(16)10(18)12(13)20/h1-2,5H,3-4H2. The molecule has 0 amide bonds. The van der Waals surface area contributed by atoms with Gasteiger partial charge in [-0.2, -0.15) is 0 Å². The molecule has 0 saturated heterocycles. The Morgan fingerprint density at radius 2 is 1.29 bits per heavy atom. The molecule has 1 aromatic rings. The minimum absolute atomic E-state index is 0.0655. The van der Waals surface area contributed by atoms with Crippen molar-refractivity contribution in [1.29, 1.82) is 0 Å². The lowest BCUT2D eigenvalue weighted by Gasteiger charge is -2.12. The maximum Gasteiger partial charge on any atom is 0.336 e. The fraction of sp³-hybridized carbons (Fsp3) is 0.231. The van der Waals surface area contributed by atoms with E-state index in [1.807, 2.05) is 0 Å². The minimum Gasteiger partial charge on any atom is -0.462 e. The number of rotatable bonds is 6. The average molecular weight is 787 g/mol. The van der Waals surface area contributed by atoms with Crippen molar-refractivity contribution in [2.45, 2.75) is 10.2 Å². The van der Waals surface area contributed by atoms with Crippen molar-refractivity contribution in [3.63, 3.8) is 0 Å². The van der Waals surface area contributed by atoms with Crippen LogP contribution in [0.5, 0.6) is 5.75 Å². The molecule has 0 spiro atoms. The van der Waals surface area contributed by atoms with Crippen LogP contribution in [-0.4, -0.2) is 22.3 Å². The lowest BCUT2D eigenvalue weighted by atomic mass is 10.3. The molecule has 0 saturated carbocycles. The molecule has 0 aliphatic rings. The third kappa shape index (κ3) is 7.11. The van der Waals surface area contributed by atoms with Gasteiger partial charge in [-0.3, -0.25) is 0 Å². The highest BCUT2D eigenvalue weighted by atomic mass is 79.9. The predicted molar refractivity (Wildman–Crippen MR) is 117 cm³/mol. The smallest absolute Gasteiger partial charge is 0.336 e. The van der Waals surface area contributed by atoms with Gasteiger partial charge in [0, 0.05) is 23.0 Å². The molecule has 0 heterocycles. The first-order chi connectivity index (χ1) is 11.1.